The van der Waals surface area contributed by atoms with E-state index in [0.717, 1.165) is 36.3 Å². The third kappa shape index (κ3) is 2.54. The van der Waals surface area contributed by atoms with Crippen LogP contribution >= 0.6 is 0 Å². The predicted molar refractivity (Wildman–Crippen MR) is 73.0 cm³/mol. The number of aryl methyl sites for hydroxylation is 2. The van der Waals surface area contributed by atoms with E-state index in [2.05, 4.69) is 15.7 Å². The van der Waals surface area contributed by atoms with Crippen LogP contribution in [0.5, 0.6) is 0 Å². The largest absolute Gasteiger partial charge is 0.469 e. The van der Waals surface area contributed by atoms with E-state index in [0.29, 0.717) is 6.54 Å². The number of nitrogens with zero attached hydrogens (tertiary/aromatic N) is 2. The smallest absolute Gasteiger partial charge is 0.315 e. The van der Waals surface area contributed by atoms with Crippen molar-refractivity contribution in [3.8, 4) is 0 Å². The van der Waals surface area contributed by atoms with Crippen molar-refractivity contribution in [3.05, 3.63) is 41.6 Å². The molecule has 1 unspecified atom stereocenters. The van der Waals surface area contributed by atoms with Crippen LogP contribution in [0.1, 0.15) is 35.9 Å². The standard InChI is InChI=1S/C14H18N4O2/c1-18-10(5-7-16-18)9-15-14(19)17-12-3-2-4-13-11(12)6-8-20-13/h5-8,12H,2-4,9H2,1H3,(H2,15,17,19). The summed E-state index contributed by atoms with van der Waals surface area (Å²) in [5, 5.41) is 9.92. The Morgan fingerprint density at radius 3 is 3.25 bits per heavy atom. The molecule has 1 aliphatic rings. The number of amides is 2. The molecule has 2 aromatic rings. The number of carbonyl (C=O) groups is 1. The van der Waals surface area contributed by atoms with Gasteiger partial charge in [-0.25, -0.2) is 4.79 Å². The Balaban J connectivity index is 1.57. The lowest BCUT2D eigenvalue weighted by atomic mass is 9.93. The number of urea groups is 1. The summed E-state index contributed by atoms with van der Waals surface area (Å²) in [6.07, 6.45) is 6.35. The van der Waals surface area contributed by atoms with Gasteiger partial charge in [0.1, 0.15) is 5.76 Å². The Bertz CT molecular complexity index is 602. The molecule has 0 spiro atoms. The van der Waals surface area contributed by atoms with Crippen LogP contribution in [0, 0.1) is 0 Å². The average Bonchev–Trinajstić information content (AvgIpc) is 3.06. The number of hydrogen-bond donors (Lipinski definition) is 2. The van der Waals surface area contributed by atoms with Gasteiger partial charge in [-0.3, -0.25) is 4.68 Å². The van der Waals surface area contributed by atoms with Gasteiger partial charge in [-0.05, 0) is 25.0 Å². The monoisotopic (exact) mass is 274 g/mol. The quantitative estimate of drug-likeness (QED) is 0.897. The van der Waals surface area contributed by atoms with Crippen molar-refractivity contribution < 1.29 is 9.21 Å². The first-order valence-corrected chi connectivity index (χ1v) is 6.81. The highest BCUT2D eigenvalue weighted by molar-refractivity contribution is 5.74. The molecular formula is C14H18N4O2. The molecule has 106 valence electrons. The Hall–Kier alpha value is -2.24. The molecule has 0 radical (unpaired) electrons. The van der Waals surface area contributed by atoms with E-state index in [1.54, 1.807) is 17.1 Å². The predicted octanol–water partition coefficient (Wildman–Crippen LogP) is 1.89. The molecule has 0 saturated heterocycles. The van der Waals surface area contributed by atoms with Crippen molar-refractivity contribution in [2.24, 2.45) is 7.05 Å². The normalized spacial score (nSPS) is 17.6. The molecular weight excluding hydrogens is 256 g/mol. The number of hydrogen-bond acceptors (Lipinski definition) is 3. The number of fused-ring (bicyclic) bond motifs is 1. The van der Waals surface area contributed by atoms with Crippen LogP contribution in [0.15, 0.2) is 29.0 Å². The van der Waals surface area contributed by atoms with Gasteiger partial charge in [0.25, 0.3) is 0 Å². The minimum absolute atomic E-state index is 0.0454. The molecule has 1 aliphatic carbocycles. The number of aromatic nitrogens is 2. The molecule has 2 heterocycles. The molecule has 2 aromatic heterocycles. The SMILES string of the molecule is Cn1nccc1CNC(=O)NC1CCCc2occc21. The topological polar surface area (TPSA) is 72.1 Å². The lowest BCUT2D eigenvalue weighted by Gasteiger charge is -2.22. The highest BCUT2D eigenvalue weighted by Crippen LogP contribution is 2.30. The second-order valence-electron chi connectivity index (χ2n) is 5.02. The summed E-state index contributed by atoms with van der Waals surface area (Å²) in [6, 6.07) is 3.71. The van der Waals surface area contributed by atoms with Gasteiger partial charge in [0.15, 0.2) is 0 Å². The highest BCUT2D eigenvalue weighted by Gasteiger charge is 2.23. The molecule has 0 bridgehead atoms. The first kappa shape index (κ1) is 12.8. The maximum absolute atomic E-state index is 12.0. The Morgan fingerprint density at radius 2 is 2.45 bits per heavy atom. The van der Waals surface area contributed by atoms with Gasteiger partial charge in [0.2, 0.25) is 0 Å². The minimum atomic E-state index is -0.162. The second kappa shape index (κ2) is 5.40. The Labute approximate surface area is 117 Å². The molecule has 1 atom stereocenters. The van der Waals surface area contributed by atoms with Crippen LogP contribution in [-0.2, 0) is 20.0 Å². The van der Waals surface area contributed by atoms with E-state index in [-0.39, 0.29) is 12.1 Å². The molecule has 0 saturated carbocycles. The highest BCUT2D eigenvalue weighted by atomic mass is 16.3. The molecule has 6 nitrogen and oxygen atoms in total. The van der Waals surface area contributed by atoms with Gasteiger partial charge < -0.3 is 15.1 Å². The summed E-state index contributed by atoms with van der Waals surface area (Å²) in [6.45, 7) is 0.466. The molecule has 0 aromatic carbocycles. The van der Waals surface area contributed by atoms with Gasteiger partial charge in [0.05, 0.1) is 24.5 Å². The van der Waals surface area contributed by atoms with Gasteiger partial charge >= 0.3 is 6.03 Å². The van der Waals surface area contributed by atoms with Crippen LogP contribution in [0.4, 0.5) is 4.79 Å². The van der Waals surface area contributed by atoms with E-state index in [4.69, 9.17) is 4.42 Å². The summed E-state index contributed by atoms with van der Waals surface area (Å²) in [4.78, 5) is 12.0. The van der Waals surface area contributed by atoms with Crippen LogP contribution in [0.3, 0.4) is 0 Å². The molecule has 0 aliphatic heterocycles. The molecule has 0 fully saturated rings. The van der Waals surface area contributed by atoms with Crippen LogP contribution in [0.2, 0.25) is 0 Å². The molecule has 6 heteroatoms. The lowest BCUT2D eigenvalue weighted by molar-refractivity contribution is 0.234. The zero-order valence-corrected chi connectivity index (χ0v) is 11.4. The molecule has 2 amide bonds. The van der Waals surface area contributed by atoms with Crippen molar-refractivity contribution in [1.29, 1.82) is 0 Å². The van der Waals surface area contributed by atoms with Gasteiger partial charge in [-0.1, -0.05) is 0 Å². The minimum Gasteiger partial charge on any atom is -0.469 e. The van der Waals surface area contributed by atoms with Crippen molar-refractivity contribution in [2.45, 2.75) is 31.8 Å². The lowest BCUT2D eigenvalue weighted by Crippen LogP contribution is -2.38. The fourth-order valence-corrected chi connectivity index (χ4v) is 2.59. The summed E-state index contributed by atoms with van der Waals surface area (Å²) >= 11 is 0. The fourth-order valence-electron chi connectivity index (χ4n) is 2.59. The average molecular weight is 274 g/mol. The summed E-state index contributed by atoms with van der Waals surface area (Å²) in [5.74, 6) is 0.994. The van der Waals surface area contributed by atoms with Crippen molar-refractivity contribution in [1.82, 2.24) is 20.4 Å². The fraction of sp³-hybridized carbons (Fsp3) is 0.429. The van der Waals surface area contributed by atoms with Crippen molar-refractivity contribution in [3.63, 3.8) is 0 Å². The van der Waals surface area contributed by atoms with Crippen LogP contribution < -0.4 is 10.6 Å². The van der Waals surface area contributed by atoms with Gasteiger partial charge in [-0.15, -0.1) is 0 Å². The summed E-state index contributed by atoms with van der Waals surface area (Å²) in [5.41, 5.74) is 2.07. The van der Waals surface area contributed by atoms with E-state index in [1.165, 1.54) is 0 Å². The third-order valence-electron chi connectivity index (χ3n) is 3.71. The van der Waals surface area contributed by atoms with E-state index >= 15 is 0 Å². The van der Waals surface area contributed by atoms with Crippen molar-refractivity contribution >= 4 is 6.03 Å². The molecule has 2 N–H and O–H groups in total. The Morgan fingerprint density at radius 1 is 1.55 bits per heavy atom. The third-order valence-corrected chi connectivity index (χ3v) is 3.71. The maximum atomic E-state index is 12.0. The van der Waals surface area contributed by atoms with Crippen molar-refractivity contribution in [2.75, 3.05) is 0 Å². The second-order valence-corrected chi connectivity index (χ2v) is 5.02. The van der Waals surface area contributed by atoms with E-state index in [9.17, 15) is 4.79 Å². The van der Waals surface area contributed by atoms with E-state index in [1.807, 2.05) is 19.2 Å². The van der Waals surface area contributed by atoms with E-state index < -0.39 is 0 Å². The van der Waals surface area contributed by atoms with Crippen LogP contribution in [-0.4, -0.2) is 15.8 Å². The van der Waals surface area contributed by atoms with Gasteiger partial charge in [0, 0.05) is 25.2 Å². The zero-order chi connectivity index (χ0) is 13.9. The number of nitrogens with one attached hydrogen (secondary N) is 2. The first-order chi connectivity index (χ1) is 9.74. The summed E-state index contributed by atoms with van der Waals surface area (Å²) in [7, 11) is 1.85. The number of carbonyl (C=O) groups excluding carboxylic acids is 1. The van der Waals surface area contributed by atoms with Crippen LogP contribution in [0.25, 0.3) is 0 Å². The van der Waals surface area contributed by atoms with Gasteiger partial charge in [-0.2, -0.15) is 5.10 Å². The maximum Gasteiger partial charge on any atom is 0.315 e. The molecule has 3 rings (SSSR count). The molecule has 20 heavy (non-hydrogen) atoms. The Kier molecular flexibility index (Phi) is 3.45. The first-order valence-electron chi connectivity index (χ1n) is 6.81. The number of rotatable bonds is 3. The summed E-state index contributed by atoms with van der Waals surface area (Å²) < 4.78 is 7.16. The zero-order valence-electron chi connectivity index (χ0n) is 11.4. The number of furan rings is 1.